The second-order valence-corrected chi connectivity index (χ2v) is 4.80. The SMILES string of the molecule is CCNCC(=O)N1CCCC1c1cccc(OC)c1. The maximum absolute atomic E-state index is 12.2. The fourth-order valence-corrected chi connectivity index (χ4v) is 2.59. The van der Waals surface area contributed by atoms with E-state index in [2.05, 4.69) is 11.4 Å². The lowest BCUT2D eigenvalue weighted by Crippen LogP contribution is -2.37. The van der Waals surface area contributed by atoms with E-state index in [0.29, 0.717) is 6.54 Å². The van der Waals surface area contributed by atoms with E-state index in [-0.39, 0.29) is 11.9 Å². The van der Waals surface area contributed by atoms with Gasteiger partial charge < -0.3 is 15.0 Å². The van der Waals surface area contributed by atoms with E-state index in [4.69, 9.17) is 4.74 Å². The molecule has 1 aromatic rings. The molecule has 0 radical (unpaired) electrons. The highest BCUT2D eigenvalue weighted by Crippen LogP contribution is 2.33. The Morgan fingerprint density at radius 1 is 1.53 bits per heavy atom. The van der Waals surface area contributed by atoms with Gasteiger partial charge in [0.2, 0.25) is 5.91 Å². The molecule has 4 heteroatoms. The zero-order chi connectivity index (χ0) is 13.7. The van der Waals surface area contributed by atoms with Crippen LogP contribution < -0.4 is 10.1 Å². The van der Waals surface area contributed by atoms with Crippen molar-refractivity contribution in [3.05, 3.63) is 29.8 Å². The third kappa shape index (κ3) is 3.26. The smallest absolute Gasteiger partial charge is 0.237 e. The lowest BCUT2D eigenvalue weighted by molar-refractivity contribution is -0.131. The monoisotopic (exact) mass is 262 g/mol. The van der Waals surface area contributed by atoms with Crippen LogP contribution in [-0.4, -0.2) is 37.6 Å². The molecule has 1 atom stereocenters. The van der Waals surface area contributed by atoms with Crippen LogP contribution in [0, 0.1) is 0 Å². The molecule has 0 aliphatic carbocycles. The number of hydrogen-bond acceptors (Lipinski definition) is 3. The molecule has 1 aromatic carbocycles. The summed E-state index contributed by atoms with van der Waals surface area (Å²) in [4.78, 5) is 14.2. The van der Waals surface area contributed by atoms with Crippen molar-refractivity contribution in [1.82, 2.24) is 10.2 Å². The highest BCUT2D eigenvalue weighted by Gasteiger charge is 2.29. The summed E-state index contributed by atoms with van der Waals surface area (Å²) in [6.07, 6.45) is 2.10. The van der Waals surface area contributed by atoms with Crippen molar-refractivity contribution in [2.24, 2.45) is 0 Å². The number of ether oxygens (including phenoxy) is 1. The van der Waals surface area contributed by atoms with Crippen molar-refractivity contribution in [2.75, 3.05) is 26.7 Å². The number of benzene rings is 1. The summed E-state index contributed by atoms with van der Waals surface area (Å²) in [5.74, 6) is 1.04. The number of likely N-dealkylation sites (tertiary alicyclic amines) is 1. The van der Waals surface area contributed by atoms with E-state index in [9.17, 15) is 4.79 Å². The number of rotatable bonds is 5. The van der Waals surface area contributed by atoms with Crippen LogP contribution in [0.5, 0.6) is 5.75 Å². The molecule has 0 spiro atoms. The third-order valence-corrected chi connectivity index (χ3v) is 3.58. The third-order valence-electron chi connectivity index (χ3n) is 3.58. The van der Waals surface area contributed by atoms with Crippen LogP contribution in [0.3, 0.4) is 0 Å². The summed E-state index contributed by atoms with van der Waals surface area (Å²) in [7, 11) is 1.67. The maximum atomic E-state index is 12.2. The Morgan fingerprint density at radius 2 is 2.37 bits per heavy atom. The van der Waals surface area contributed by atoms with Gasteiger partial charge in [-0.3, -0.25) is 4.79 Å². The molecule has 0 aromatic heterocycles. The van der Waals surface area contributed by atoms with Gasteiger partial charge >= 0.3 is 0 Å². The molecule has 19 heavy (non-hydrogen) atoms. The summed E-state index contributed by atoms with van der Waals surface area (Å²) in [6.45, 7) is 4.11. The summed E-state index contributed by atoms with van der Waals surface area (Å²) >= 11 is 0. The van der Waals surface area contributed by atoms with E-state index >= 15 is 0 Å². The molecule has 1 amide bonds. The fourth-order valence-electron chi connectivity index (χ4n) is 2.59. The number of carbonyl (C=O) groups excluding carboxylic acids is 1. The molecule has 1 saturated heterocycles. The average molecular weight is 262 g/mol. The summed E-state index contributed by atoms with van der Waals surface area (Å²) in [6, 6.07) is 8.22. The standard InChI is InChI=1S/C15H22N2O2/c1-3-16-11-15(18)17-9-5-8-14(17)12-6-4-7-13(10-12)19-2/h4,6-7,10,14,16H,3,5,8-9,11H2,1-2H3. The Hall–Kier alpha value is -1.55. The van der Waals surface area contributed by atoms with E-state index in [1.807, 2.05) is 30.0 Å². The Morgan fingerprint density at radius 3 is 3.11 bits per heavy atom. The van der Waals surface area contributed by atoms with Crippen molar-refractivity contribution in [3.8, 4) is 5.75 Å². The Bertz CT molecular complexity index is 434. The topological polar surface area (TPSA) is 41.6 Å². The van der Waals surface area contributed by atoms with Crippen LogP contribution in [-0.2, 0) is 4.79 Å². The molecular formula is C15H22N2O2. The molecule has 1 N–H and O–H groups in total. The van der Waals surface area contributed by atoms with Crippen LogP contribution in [0.15, 0.2) is 24.3 Å². The largest absolute Gasteiger partial charge is 0.497 e. The zero-order valence-electron chi connectivity index (χ0n) is 11.7. The second-order valence-electron chi connectivity index (χ2n) is 4.80. The first-order valence-electron chi connectivity index (χ1n) is 6.90. The molecule has 1 aliphatic rings. The number of nitrogens with zero attached hydrogens (tertiary/aromatic N) is 1. The molecular weight excluding hydrogens is 240 g/mol. The quantitative estimate of drug-likeness (QED) is 0.882. The lowest BCUT2D eigenvalue weighted by atomic mass is 10.0. The van der Waals surface area contributed by atoms with Gasteiger partial charge in [-0.2, -0.15) is 0 Å². The van der Waals surface area contributed by atoms with Gasteiger partial charge in [0.1, 0.15) is 5.75 Å². The minimum atomic E-state index is 0.187. The Kier molecular flexibility index (Phi) is 4.80. The number of nitrogens with one attached hydrogen (secondary N) is 1. The zero-order valence-corrected chi connectivity index (χ0v) is 11.7. The predicted molar refractivity (Wildman–Crippen MR) is 75.2 cm³/mol. The summed E-state index contributed by atoms with van der Waals surface area (Å²) < 4.78 is 5.26. The fraction of sp³-hybridized carbons (Fsp3) is 0.533. The van der Waals surface area contributed by atoms with Gasteiger partial charge in [0.15, 0.2) is 0 Å². The minimum absolute atomic E-state index is 0.187. The predicted octanol–water partition coefficient (Wildman–Crippen LogP) is 1.97. The molecule has 2 rings (SSSR count). The van der Waals surface area contributed by atoms with Crippen molar-refractivity contribution >= 4 is 5.91 Å². The van der Waals surface area contributed by atoms with Gasteiger partial charge in [0, 0.05) is 6.54 Å². The van der Waals surface area contributed by atoms with Crippen molar-refractivity contribution in [2.45, 2.75) is 25.8 Å². The number of carbonyl (C=O) groups is 1. The molecule has 0 saturated carbocycles. The molecule has 4 nitrogen and oxygen atoms in total. The van der Waals surface area contributed by atoms with Gasteiger partial charge in [-0.25, -0.2) is 0 Å². The van der Waals surface area contributed by atoms with Crippen molar-refractivity contribution in [3.63, 3.8) is 0 Å². The molecule has 1 aliphatic heterocycles. The van der Waals surface area contributed by atoms with Gasteiger partial charge in [-0.1, -0.05) is 19.1 Å². The molecule has 0 bridgehead atoms. The lowest BCUT2D eigenvalue weighted by Gasteiger charge is -2.25. The Labute approximate surface area is 114 Å². The van der Waals surface area contributed by atoms with E-state index in [0.717, 1.165) is 31.7 Å². The first-order chi connectivity index (χ1) is 9.26. The maximum Gasteiger partial charge on any atom is 0.237 e. The molecule has 1 unspecified atom stereocenters. The first-order valence-corrected chi connectivity index (χ1v) is 6.90. The number of hydrogen-bond donors (Lipinski definition) is 1. The van der Waals surface area contributed by atoms with Gasteiger partial charge in [0.05, 0.1) is 19.7 Å². The van der Waals surface area contributed by atoms with Crippen molar-refractivity contribution in [1.29, 1.82) is 0 Å². The molecule has 104 valence electrons. The van der Waals surface area contributed by atoms with Crippen LogP contribution in [0.1, 0.15) is 31.4 Å². The van der Waals surface area contributed by atoms with Crippen LogP contribution >= 0.6 is 0 Å². The average Bonchev–Trinajstić information content (AvgIpc) is 2.94. The normalized spacial score (nSPS) is 18.6. The van der Waals surface area contributed by atoms with Crippen LogP contribution in [0.2, 0.25) is 0 Å². The van der Waals surface area contributed by atoms with Gasteiger partial charge in [-0.05, 0) is 37.1 Å². The number of likely N-dealkylation sites (N-methyl/N-ethyl adjacent to an activating group) is 1. The minimum Gasteiger partial charge on any atom is -0.497 e. The highest BCUT2D eigenvalue weighted by atomic mass is 16.5. The van der Waals surface area contributed by atoms with Crippen molar-refractivity contribution < 1.29 is 9.53 Å². The van der Waals surface area contributed by atoms with E-state index in [1.165, 1.54) is 5.56 Å². The van der Waals surface area contributed by atoms with Crippen LogP contribution in [0.4, 0.5) is 0 Å². The summed E-state index contributed by atoms with van der Waals surface area (Å²) in [5, 5.41) is 3.10. The first kappa shape index (κ1) is 13.9. The number of methoxy groups -OCH3 is 1. The Balaban J connectivity index is 2.11. The number of amides is 1. The van der Waals surface area contributed by atoms with E-state index in [1.54, 1.807) is 7.11 Å². The second kappa shape index (κ2) is 6.57. The van der Waals surface area contributed by atoms with Crippen LogP contribution in [0.25, 0.3) is 0 Å². The molecule has 1 heterocycles. The molecule has 1 fully saturated rings. The highest BCUT2D eigenvalue weighted by molar-refractivity contribution is 5.79. The van der Waals surface area contributed by atoms with Gasteiger partial charge in [-0.15, -0.1) is 0 Å². The van der Waals surface area contributed by atoms with Gasteiger partial charge in [0.25, 0.3) is 0 Å². The van der Waals surface area contributed by atoms with E-state index < -0.39 is 0 Å². The summed E-state index contributed by atoms with van der Waals surface area (Å²) in [5.41, 5.74) is 1.17.